The topological polar surface area (TPSA) is 121 Å². The van der Waals surface area contributed by atoms with Gasteiger partial charge in [0.05, 0.1) is 18.1 Å². The van der Waals surface area contributed by atoms with Gasteiger partial charge in [0.2, 0.25) is 11.8 Å². The van der Waals surface area contributed by atoms with Gasteiger partial charge in [0.15, 0.2) is 0 Å². The number of carboxylic acids is 1. The van der Waals surface area contributed by atoms with Gasteiger partial charge in [0, 0.05) is 5.56 Å². The molecule has 3 rings (SSSR count). The normalized spacial score (nSPS) is 23.2. The van der Waals surface area contributed by atoms with Crippen LogP contribution in [0.3, 0.4) is 0 Å². The Balaban J connectivity index is 0.00000208. The molecule has 0 unspecified atom stereocenters. The van der Waals surface area contributed by atoms with Gasteiger partial charge in [-0.3, -0.25) is 9.59 Å². The van der Waals surface area contributed by atoms with Crippen molar-refractivity contribution in [1.29, 1.82) is 0 Å². The molecule has 24 heavy (non-hydrogen) atoms. The maximum atomic E-state index is 12.1. The number of β-lactam (4-membered cyclic amide) rings is 1. The Morgan fingerprint density at radius 2 is 1.88 bits per heavy atom. The molecule has 0 aliphatic carbocycles. The van der Waals surface area contributed by atoms with Crippen molar-refractivity contribution in [2.24, 2.45) is 11.7 Å². The quantitative estimate of drug-likeness (QED) is 0.506. The van der Waals surface area contributed by atoms with Crippen LogP contribution >= 0.6 is 0 Å². The summed E-state index contributed by atoms with van der Waals surface area (Å²) in [6.07, 6.45) is -0.464. The molecule has 0 bridgehead atoms. The molecule has 0 saturated carbocycles. The summed E-state index contributed by atoms with van der Waals surface area (Å²) in [6.45, 7) is 1.53. The summed E-state index contributed by atoms with van der Waals surface area (Å²) >= 11 is 0. The van der Waals surface area contributed by atoms with E-state index >= 15 is 0 Å². The van der Waals surface area contributed by atoms with E-state index in [0.717, 1.165) is 0 Å². The van der Waals surface area contributed by atoms with E-state index in [0.29, 0.717) is 23.1 Å². The third kappa shape index (κ3) is 2.77. The van der Waals surface area contributed by atoms with Gasteiger partial charge >= 0.3 is 35.5 Å². The SMILES string of the molecule is C[C@@H](O)[C@H]1C(=O)N2C(C(=O)O)=C(c3ccc(C(N)=O)cc3)C[C@H]12.[NaH]. The summed E-state index contributed by atoms with van der Waals surface area (Å²) in [7, 11) is 0. The van der Waals surface area contributed by atoms with Gasteiger partial charge in [0.1, 0.15) is 5.70 Å². The Morgan fingerprint density at radius 3 is 2.33 bits per heavy atom. The van der Waals surface area contributed by atoms with Gasteiger partial charge in [-0.25, -0.2) is 4.79 Å². The number of hydrogen-bond donors (Lipinski definition) is 3. The van der Waals surface area contributed by atoms with Crippen molar-refractivity contribution in [3.8, 4) is 0 Å². The zero-order valence-electron chi connectivity index (χ0n) is 12.4. The first-order valence-electron chi connectivity index (χ1n) is 7.20. The molecule has 2 aliphatic heterocycles. The fourth-order valence-corrected chi connectivity index (χ4v) is 3.36. The molecule has 8 heteroatoms. The van der Waals surface area contributed by atoms with Crippen LogP contribution in [0.1, 0.15) is 29.3 Å². The number of aliphatic hydroxyl groups is 1. The number of primary amides is 1. The monoisotopic (exact) mass is 340 g/mol. The van der Waals surface area contributed by atoms with E-state index in [9.17, 15) is 24.6 Å². The van der Waals surface area contributed by atoms with E-state index in [1.165, 1.54) is 24.0 Å². The van der Waals surface area contributed by atoms with Crippen molar-refractivity contribution in [1.82, 2.24) is 4.90 Å². The molecular formula is C16H17N2NaO5. The molecule has 2 heterocycles. The minimum absolute atomic E-state index is 0. The van der Waals surface area contributed by atoms with Crippen LogP contribution in [0.4, 0.5) is 0 Å². The van der Waals surface area contributed by atoms with Gasteiger partial charge < -0.3 is 20.8 Å². The van der Waals surface area contributed by atoms with Crippen LogP contribution in [0, 0.1) is 5.92 Å². The van der Waals surface area contributed by atoms with Crippen LogP contribution < -0.4 is 5.73 Å². The number of fused-ring (bicyclic) bond motifs is 1. The van der Waals surface area contributed by atoms with Crippen molar-refractivity contribution < 1.29 is 24.6 Å². The molecule has 1 saturated heterocycles. The van der Waals surface area contributed by atoms with E-state index in [-0.39, 0.29) is 47.2 Å². The van der Waals surface area contributed by atoms with Crippen LogP contribution in [0.25, 0.3) is 5.57 Å². The molecule has 122 valence electrons. The number of amides is 2. The first-order valence-corrected chi connectivity index (χ1v) is 7.20. The molecule has 1 fully saturated rings. The predicted molar refractivity (Wildman–Crippen MR) is 87.1 cm³/mol. The minimum atomic E-state index is -1.18. The van der Waals surface area contributed by atoms with E-state index < -0.39 is 23.9 Å². The average molecular weight is 340 g/mol. The Hall–Kier alpha value is -1.67. The Labute approximate surface area is 160 Å². The molecule has 4 N–H and O–H groups in total. The van der Waals surface area contributed by atoms with Crippen molar-refractivity contribution in [3.05, 3.63) is 41.1 Å². The van der Waals surface area contributed by atoms with E-state index in [2.05, 4.69) is 0 Å². The number of carbonyl (C=O) groups excluding carboxylic acids is 2. The number of carbonyl (C=O) groups is 3. The summed E-state index contributed by atoms with van der Waals surface area (Å²) in [5.41, 5.74) is 6.61. The Morgan fingerprint density at radius 1 is 1.29 bits per heavy atom. The number of nitrogens with zero attached hydrogens (tertiary/aromatic N) is 1. The molecule has 0 spiro atoms. The second-order valence-electron chi connectivity index (χ2n) is 5.82. The molecule has 2 amide bonds. The zero-order valence-corrected chi connectivity index (χ0v) is 12.4. The van der Waals surface area contributed by atoms with Gasteiger partial charge in [-0.2, -0.15) is 0 Å². The number of aliphatic carboxylic acids is 1. The van der Waals surface area contributed by atoms with Crippen molar-refractivity contribution in [2.75, 3.05) is 0 Å². The van der Waals surface area contributed by atoms with Gasteiger partial charge in [0.25, 0.3) is 0 Å². The van der Waals surface area contributed by atoms with Crippen molar-refractivity contribution >= 4 is 52.9 Å². The predicted octanol–water partition coefficient (Wildman–Crippen LogP) is -0.456. The van der Waals surface area contributed by atoms with Crippen LogP contribution in [-0.2, 0) is 9.59 Å². The number of hydrogen-bond acceptors (Lipinski definition) is 4. The number of aliphatic hydroxyl groups excluding tert-OH is 1. The van der Waals surface area contributed by atoms with E-state index in [1.54, 1.807) is 12.1 Å². The molecule has 2 aliphatic rings. The van der Waals surface area contributed by atoms with Crippen LogP contribution in [0.2, 0.25) is 0 Å². The fourth-order valence-electron chi connectivity index (χ4n) is 3.36. The summed E-state index contributed by atoms with van der Waals surface area (Å²) in [6, 6.07) is 5.94. The molecular weight excluding hydrogens is 323 g/mol. The maximum absolute atomic E-state index is 12.1. The number of benzene rings is 1. The first kappa shape index (κ1) is 18.7. The number of carboxylic acid groups (broad SMARTS) is 1. The number of rotatable bonds is 4. The summed E-state index contributed by atoms with van der Waals surface area (Å²) in [4.78, 5) is 36.1. The van der Waals surface area contributed by atoms with Crippen molar-refractivity contribution in [2.45, 2.75) is 25.5 Å². The van der Waals surface area contributed by atoms with Gasteiger partial charge in [-0.05, 0) is 36.6 Å². The summed E-state index contributed by atoms with van der Waals surface area (Å²) in [5, 5.41) is 19.2. The Kier molecular flexibility index (Phi) is 5.19. The third-order valence-electron chi connectivity index (χ3n) is 4.45. The van der Waals surface area contributed by atoms with Crippen LogP contribution in [0.5, 0.6) is 0 Å². The second-order valence-corrected chi connectivity index (χ2v) is 5.82. The molecule has 3 atom stereocenters. The molecule has 7 nitrogen and oxygen atoms in total. The van der Waals surface area contributed by atoms with Gasteiger partial charge in [-0.15, -0.1) is 0 Å². The van der Waals surface area contributed by atoms with E-state index in [4.69, 9.17) is 5.73 Å². The second kappa shape index (κ2) is 6.68. The fraction of sp³-hybridized carbons (Fsp3) is 0.312. The summed E-state index contributed by atoms with van der Waals surface area (Å²) in [5.74, 6) is -2.69. The standard InChI is InChI=1S/C16H16N2O5.Na.H/c1-7(19)12-11-6-10(13(16(22)23)18(11)15(12)21)8-2-4-9(5-3-8)14(17)20;;/h2-5,7,11-12,19H,6H2,1H3,(H2,17,20)(H,22,23);;/t7-,11-,12-;;/m1../s1. The van der Waals surface area contributed by atoms with Crippen molar-refractivity contribution in [3.63, 3.8) is 0 Å². The average Bonchev–Trinajstić information content (AvgIpc) is 2.82. The first-order chi connectivity index (χ1) is 10.8. The Bertz CT molecular complexity index is 741. The van der Waals surface area contributed by atoms with Gasteiger partial charge in [-0.1, -0.05) is 12.1 Å². The molecule has 1 aromatic carbocycles. The number of nitrogens with two attached hydrogens (primary N) is 1. The van der Waals surface area contributed by atoms with Crippen LogP contribution in [0.15, 0.2) is 30.0 Å². The molecule has 0 aromatic heterocycles. The zero-order chi connectivity index (χ0) is 16.9. The molecule has 1 aromatic rings. The van der Waals surface area contributed by atoms with Crippen LogP contribution in [-0.4, -0.2) is 74.6 Å². The molecule has 0 radical (unpaired) electrons. The third-order valence-corrected chi connectivity index (χ3v) is 4.45. The van der Waals surface area contributed by atoms with E-state index in [1.807, 2.05) is 0 Å². The summed E-state index contributed by atoms with van der Waals surface area (Å²) < 4.78 is 0.